The Morgan fingerprint density at radius 2 is 1.91 bits per heavy atom. The first-order chi connectivity index (χ1) is 16.7. The van der Waals surface area contributed by atoms with E-state index in [0.29, 0.717) is 47.8 Å². The van der Waals surface area contributed by atoms with Crippen LogP contribution >= 0.6 is 0 Å². The standard InChI is InChI=1S/C25H26N4O5S/c1-17(2)35(32,33)21-10-8-19(9-11-21)23-16-28-24(26)22(29-23)12-7-18-5-3-6-20(15-18)34-14-4-13-27-25(30)31/h3,5-6,8-11,15-17,27H,4,13-14H2,1-2H3,(H2,26,28)(H,30,31). The maximum Gasteiger partial charge on any atom is 0.404 e. The summed E-state index contributed by atoms with van der Waals surface area (Å²) in [6.45, 7) is 3.94. The van der Waals surface area contributed by atoms with Gasteiger partial charge >= 0.3 is 6.09 Å². The van der Waals surface area contributed by atoms with Gasteiger partial charge in [-0.1, -0.05) is 24.1 Å². The lowest BCUT2D eigenvalue weighted by Crippen LogP contribution is -2.23. The number of rotatable bonds is 8. The molecule has 0 aliphatic heterocycles. The molecule has 1 aromatic heterocycles. The molecule has 4 N–H and O–H groups in total. The third-order valence-corrected chi connectivity index (χ3v) is 7.10. The molecule has 35 heavy (non-hydrogen) atoms. The number of anilines is 1. The first kappa shape index (κ1) is 25.5. The summed E-state index contributed by atoms with van der Waals surface area (Å²) in [6.07, 6.45) is 0.982. The van der Waals surface area contributed by atoms with Gasteiger partial charge in [0.25, 0.3) is 0 Å². The average Bonchev–Trinajstić information content (AvgIpc) is 2.83. The molecule has 0 saturated carbocycles. The molecule has 3 rings (SSSR count). The maximum atomic E-state index is 12.3. The summed E-state index contributed by atoms with van der Waals surface area (Å²) in [6, 6.07) is 13.6. The third-order valence-electron chi connectivity index (χ3n) is 4.93. The summed E-state index contributed by atoms with van der Waals surface area (Å²) in [4.78, 5) is 19.4. The fourth-order valence-corrected chi connectivity index (χ4v) is 4.03. The molecule has 0 fully saturated rings. The number of aromatic nitrogens is 2. The predicted octanol–water partition coefficient (Wildman–Crippen LogP) is 3.34. The van der Waals surface area contributed by atoms with E-state index < -0.39 is 21.2 Å². The van der Waals surface area contributed by atoms with E-state index >= 15 is 0 Å². The van der Waals surface area contributed by atoms with Crippen LogP contribution in [-0.4, -0.2) is 48.0 Å². The SMILES string of the molecule is CC(C)S(=O)(=O)c1ccc(-c2cnc(N)c(C#Cc3cccc(OCCCNC(=O)O)c3)n2)cc1. The van der Waals surface area contributed by atoms with Crippen molar-refractivity contribution in [2.75, 3.05) is 18.9 Å². The van der Waals surface area contributed by atoms with Crippen LogP contribution < -0.4 is 15.8 Å². The summed E-state index contributed by atoms with van der Waals surface area (Å²) in [5, 5.41) is 10.3. The number of nitrogens with two attached hydrogens (primary N) is 1. The first-order valence-corrected chi connectivity index (χ1v) is 12.4. The summed E-state index contributed by atoms with van der Waals surface area (Å²) < 4.78 is 30.3. The van der Waals surface area contributed by atoms with Gasteiger partial charge in [0.05, 0.1) is 28.6 Å². The Labute approximate surface area is 204 Å². The Kier molecular flexibility index (Phi) is 8.28. The molecule has 0 radical (unpaired) electrons. The highest BCUT2D eigenvalue weighted by molar-refractivity contribution is 7.92. The number of nitrogens with zero attached hydrogens (tertiary/aromatic N) is 2. The third kappa shape index (κ3) is 6.94. The van der Waals surface area contributed by atoms with Crippen molar-refractivity contribution in [1.82, 2.24) is 15.3 Å². The second-order valence-corrected chi connectivity index (χ2v) is 10.3. The van der Waals surface area contributed by atoms with Crippen molar-refractivity contribution in [2.24, 2.45) is 0 Å². The van der Waals surface area contributed by atoms with Crippen molar-refractivity contribution in [2.45, 2.75) is 30.4 Å². The zero-order chi connectivity index (χ0) is 25.4. The van der Waals surface area contributed by atoms with E-state index in [-0.39, 0.29) is 10.7 Å². The van der Waals surface area contributed by atoms with Crippen molar-refractivity contribution in [1.29, 1.82) is 0 Å². The van der Waals surface area contributed by atoms with Crippen LogP contribution in [0, 0.1) is 11.8 Å². The van der Waals surface area contributed by atoms with E-state index in [9.17, 15) is 13.2 Å². The molecule has 0 aliphatic rings. The molecule has 0 saturated heterocycles. The van der Waals surface area contributed by atoms with Crippen LogP contribution in [0.1, 0.15) is 31.5 Å². The molecular formula is C25H26N4O5S. The Morgan fingerprint density at radius 1 is 1.17 bits per heavy atom. The van der Waals surface area contributed by atoms with Crippen molar-refractivity contribution < 1.29 is 23.1 Å². The quantitative estimate of drug-likeness (QED) is 0.319. The summed E-state index contributed by atoms with van der Waals surface area (Å²) in [7, 11) is -3.36. The minimum atomic E-state index is -3.36. The molecule has 0 spiro atoms. The average molecular weight is 495 g/mol. The topological polar surface area (TPSA) is 144 Å². The van der Waals surface area contributed by atoms with Gasteiger partial charge in [0.1, 0.15) is 5.75 Å². The van der Waals surface area contributed by atoms with Crippen LogP contribution in [0.25, 0.3) is 11.3 Å². The van der Waals surface area contributed by atoms with Gasteiger partial charge in [-0.25, -0.2) is 23.2 Å². The van der Waals surface area contributed by atoms with Crippen molar-refractivity contribution in [3.63, 3.8) is 0 Å². The van der Waals surface area contributed by atoms with Crippen molar-refractivity contribution >= 4 is 21.7 Å². The highest BCUT2D eigenvalue weighted by atomic mass is 32.2. The summed E-state index contributed by atoms with van der Waals surface area (Å²) >= 11 is 0. The van der Waals surface area contributed by atoms with E-state index in [0.717, 1.165) is 0 Å². The maximum absolute atomic E-state index is 12.3. The van der Waals surface area contributed by atoms with Crippen molar-refractivity contribution in [3.05, 3.63) is 66.0 Å². The lowest BCUT2D eigenvalue weighted by molar-refractivity contribution is 0.193. The van der Waals surface area contributed by atoms with Gasteiger partial charge in [0.15, 0.2) is 21.3 Å². The van der Waals surface area contributed by atoms with Gasteiger partial charge in [0, 0.05) is 17.7 Å². The van der Waals surface area contributed by atoms with E-state index in [1.54, 1.807) is 56.3 Å². The molecule has 2 aromatic carbocycles. The van der Waals surface area contributed by atoms with Gasteiger partial charge < -0.3 is 20.9 Å². The zero-order valence-corrected chi connectivity index (χ0v) is 20.2. The van der Waals surface area contributed by atoms with Crippen LogP contribution in [0.5, 0.6) is 5.75 Å². The number of carbonyl (C=O) groups is 1. The second kappa shape index (κ2) is 11.4. The van der Waals surface area contributed by atoms with Crippen molar-refractivity contribution in [3.8, 4) is 28.8 Å². The Hall–Kier alpha value is -4.10. The fraction of sp³-hybridized carbons (Fsp3) is 0.240. The monoisotopic (exact) mass is 494 g/mol. The molecule has 182 valence electrons. The fourth-order valence-electron chi connectivity index (χ4n) is 2.97. The van der Waals surface area contributed by atoms with Gasteiger partial charge in [-0.3, -0.25) is 0 Å². The van der Waals surface area contributed by atoms with Gasteiger partial charge in [-0.2, -0.15) is 0 Å². The van der Waals surface area contributed by atoms with Gasteiger partial charge in [-0.15, -0.1) is 0 Å². The number of nitrogen functional groups attached to an aromatic ring is 1. The number of carboxylic acid groups (broad SMARTS) is 1. The van der Waals surface area contributed by atoms with E-state index in [4.69, 9.17) is 15.6 Å². The Bertz CT molecular complexity index is 1360. The Morgan fingerprint density at radius 3 is 2.60 bits per heavy atom. The highest BCUT2D eigenvalue weighted by Gasteiger charge is 2.19. The molecule has 10 heteroatoms. The molecule has 9 nitrogen and oxygen atoms in total. The number of ether oxygens (including phenoxy) is 1. The summed E-state index contributed by atoms with van der Waals surface area (Å²) in [5.41, 5.74) is 8.15. The van der Waals surface area contributed by atoms with E-state index in [2.05, 4.69) is 27.1 Å². The zero-order valence-electron chi connectivity index (χ0n) is 19.4. The highest BCUT2D eigenvalue weighted by Crippen LogP contribution is 2.22. The number of hydrogen-bond acceptors (Lipinski definition) is 7. The normalized spacial score (nSPS) is 10.9. The van der Waals surface area contributed by atoms with Crippen LogP contribution in [0.15, 0.2) is 59.6 Å². The van der Waals surface area contributed by atoms with Crippen LogP contribution in [0.2, 0.25) is 0 Å². The predicted molar refractivity (Wildman–Crippen MR) is 133 cm³/mol. The smallest absolute Gasteiger partial charge is 0.404 e. The number of amides is 1. The number of nitrogens with one attached hydrogen (secondary N) is 1. The molecule has 1 heterocycles. The van der Waals surface area contributed by atoms with Gasteiger partial charge in [-0.05, 0) is 56.5 Å². The number of hydrogen-bond donors (Lipinski definition) is 3. The summed E-state index contributed by atoms with van der Waals surface area (Å²) in [5.74, 6) is 6.71. The molecule has 0 aliphatic carbocycles. The molecule has 1 amide bonds. The lowest BCUT2D eigenvalue weighted by atomic mass is 10.1. The largest absolute Gasteiger partial charge is 0.493 e. The number of sulfone groups is 1. The molecular weight excluding hydrogens is 468 g/mol. The van der Waals surface area contributed by atoms with Gasteiger partial charge in [0.2, 0.25) is 0 Å². The minimum Gasteiger partial charge on any atom is -0.493 e. The Balaban J connectivity index is 1.74. The van der Waals surface area contributed by atoms with Crippen LogP contribution in [0.4, 0.5) is 10.6 Å². The molecule has 0 unspecified atom stereocenters. The lowest BCUT2D eigenvalue weighted by Gasteiger charge is -2.09. The van der Waals surface area contributed by atoms with E-state index in [1.807, 2.05) is 6.07 Å². The molecule has 3 aromatic rings. The van der Waals surface area contributed by atoms with Crippen LogP contribution in [-0.2, 0) is 9.84 Å². The minimum absolute atomic E-state index is 0.179. The second-order valence-electron chi connectivity index (χ2n) is 7.82. The van der Waals surface area contributed by atoms with E-state index in [1.165, 1.54) is 6.20 Å². The van der Waals surface area contributed by atoms with Crippen LogP contribution in [0.3, 0.4) is 0 Å². The molecule has 0 bridgehead atoms. The molecule has 0 atom stereocenters. The number of benzene rings is 2. The first-order valence-electron chi connectivity index (χ1n) is 10.9.